The van der Waals surface area contributed by atoms with Crippen molar-refractivity contribution in [1.29, 1.82) is 0 Å². The van der Waals surface area contributed by atoms with Gasteiger partial charge < -0.3 is 35.4 Å². The molecular formula is C36H18O15. The van der Waals surface area contributed by atoms with Crippen molar-refractivity contribution in [2.75, 3.05) is 0 Å². The van der Waals surface area contributed by atoms with E-state index in [0.717, 1.165) is 48.5 Å². The smallest absolute Gasteiger partial charge is 0.347 e. The van der Waals surface area contributed by atoms with Crippen molar-refractivity contribution in [1.82, 2.24) is 0 Å². The van der Waals surface area contributed by atoms with Gasteiger partial charge in [0.25, 0.3) is 0 Å². The third-order valence-electron chi connectivity index (χ3n) is 8.34. The summed E-state index contributed by atoms with van der Waals surface area (Å²) in [6.07, 6.45) is 0. The predicted molar refractivity (Wildman–Crippen MR) is 174 cm³/mol. The number of carboxylic acids is 6. The highest BCUT2D eigenvalue weighted by Crippen LogP contribution is 2.36. The quantitative estimate of drug-likeness (QED) is 0.0655. The number of carboxylic acid groups (broad SMARTS) is 6. The molecule has 0 radical (unpaired) electrons. The summed E-state index contributed by atoms with van der Waals surface area (Å²) in [5, 5.41) is 58.5. The fourth-order valence-electron chi connectivity index (χ4n) is 6.24. The Morgan fingerprint density at radius 1 is 0.294 bits per heavy atom. The summed E-state index contributed by atoms with van der Waals surface area (Å²) in [5.41, 5.74) is -4.80. The lowest BCUT2D eigenvalue weighted by Gasteiger charge is -2.15. The van der Waals surface area contributed by atoms with Crippen LogP contribution in [0.25, 0.3) is 43.1 Å². The first-order valence-corrected chi connectivity index (χ1v) is 14.3. The zero-order valence-corrected chi connectivity index (χ0v) is 25.3. The standard InChI is InChI=1S/C36H18O15/c37-29(38)21-9-1-13-15-3-11-23(31(41)42)27(19(15)7-5-17(13)25(21)33(45)46)35(49)51-36(50)28-20-8-6-18-14(16(20)4-12-24(28)32(43)44)2-10-22(30(39)40)26(18)34(47)48/h1-12H,(H,37,38)(H,39,40)(H,41,42)(H,43,44)(H,45,46)(H,47,48). The first-order chi connectivity index (χ1) is 24.1. The second-order valence-corrected chi connectivity index (χ2v) is 11.0. The van der Waals surface area contributed by atoms with Crippen LogP contribution in [0.4, 0.5) is 0 Å². The summed E-state index contributed by atoms with van der Waals surface area (Å²) >= 11 is 0. The van der Waals surface area contributed by atoms with Crippen LogP contribution < -0.4 is 0 Å². The monoisotopic (exact) mass is 690 g/mol. The van der Waals surface area contributed by atoms with Gasteiger partial charge in [-0.15, -0.1) is 0 Å². The highest BCUT2D eigenvalue weighted by molar-refractivity contribution is 6.26. The topological polar surface area (TPSA) is 267 Å². The van der Waals surface area contributed by atoms with Gasteiger partial charge in [0.05, 0.1) is 44.5 Å². The maximum atomic E-state index is 13.7. The molecule has 15 nitrogen and oxygen atoms in total. The van der Waals surface area contributed by atoms with E-state index < -0.39 is 92.3 Å². The molecule has 6 rings (SSSR count). The van der Waals surface area contributed by atoms with Crippen LogP contribution in [0.2, 0.25) is 0 Å². The number of carbonyl (C=O) groups excluding carboxylic acids is 2. The highest BCUT2D eigenvalue weighted by Gasteiger charge is 2.30. The van der Waals surface area contributed by atoms with Crippen molar-refractivity contribution in [3.05, 3.63) is 117 Å². The number of aromatic carboxylic acids is 6. The third-order valence-corrected chi connectivity index (χ3v) is 8.34. The number of benzene rings is 6. The van der Waals surface area contributed by atoms with Gasteiger partial charge in [0, 0.05) is 0 Å². The van der Waals surface area contributed by atoms with Crippen LogP contribution in [0, 0.1) is 0 Å². The molecule has 0 saturated heterocycles. The van der Waals surface area contributed by atoms with Crippen LogP contribution in [0.1, 0.15) is 82.9 Å². The van der Waals surface area contributed by atoms with Crippen molar-refractivity contribution in [2.45, 2.75) is 0 Å². The van der Waals surface area contributed by atoms with E-state index in [0.29, 0.717) is 0 Å². The Labute approximate surface area is 281 Å². The molecule has 0 bridgehead atoms. The lowest BCUT2D eigenvalue weighted by molar-refractivity contribution is 0.0388. The molecule has 0 amide bonds. The molecular weight excluding hydrogens is 672 g/mol. The number of fused-ring (bicyclic) bond motifs is 6. The summed E-state index contributed by atoms with van der Waals surface area (Å²) in [5.74, 6) is -12.5. The van der Waals surface area contributed by atoms with Gasteiger partial charge in [-0.2, -0.15) is 0 Å². The van der Waals surface area contributed by atoms with Crippen LogP contribution >= 0.6 is 0 Å². The minimum absolute atomic E-state index is 0.0519. The van der Waals surface area contributed by atoms with Gasteiger partial charge >= 0.3 is 47.8 Å². The maximum Gasteiger partial charge on any atom is 0.347 e. The van der Waals surface area contributed by atoms with E-state index >= 15 is 0 Å². The van der Waals surface area contributed by atoms with Gasteiger partial charge in [-0.3, -0.25) is 0 Å². The van der Waals surface area contributed by atoms with E-state index in [1.54, 1.807) is 0 Å². The lowest BCUT2D eigenvalue weighted by atomic mass is 9.91. The Morgan fingerprint density at radius 2 is 0.510 bits per heavy atom. The average Bonchev–Trinajstić information content (AvgIpc) is 3.08. The Hall–Kier alpha value is -7.68. The van der Waals surface area contributed by atoms with Crippen LogP contribution in [-0.2, 0) is 4.74 Å². The number of hydrogen-bond acceptors (Lipinski definition) is 9. The SMILES string of the molecule is O=C(O)c1ccc2c(ccc3c(C(=O)OC(=O)c4c(C(=O)O)ccc5c4ccc4c(C(=O)O)c(C(=O)O)ccc45)c(C(=O)O)ccc32)c1C(=O)O. The minimum Gasteiger partial charge on any atom is -0.478 e. The largest absolute Gasteiger partial charge is 0.478 e. The molecule has 0 saturated carbocycles. The fraction of sp³-hybridized carbons (Fsp3) is 0. The van der Waals surface area contributed by atoms with E-state index in [2.05, 4.69) is 0 Å². The van der Waals surface area contributed by atoms with Crippen LogP contribution in [-0.4, -0.2) is 78.4 Å². The van der Waals surface area contributed by atoms with Crippen molar-refractivity contribution in [3.8, 4) is 0 Å². The van der Waals surface area contributed by atoms with Gasteiger partial charge in [-0.05, 0) is 67.4 Å². The summed E-state index contributed by atoms with van der Waals surface area (Å²) in [6, 6.07) is 13.7. The van der Waals surface area contributed by atoms with Crippen molar-refractivity contribution in [2.24, 2.45) is 0 Å². The molecule has 0 aromatic heterocycles. The molecule has 0 aliphatic heterocycles. The Kier molecular flexibility index (Phi) is 7.87. The lowest BCUT2D eigenvalue weighted by Crippen LogP contribution is -2.19. The molecule has 51 heavy (non-hydrogen) atoms. The van der Waals surface area contributed by atoms with E-state index in [1.165, 1.54) is 24.3 Å². The first-order valence-electron chi connectivity index (χ1n) is 14.3. The molecule has 6 aromatic carbocycles. The Morgan fingerprint density at radius 3 is 0.745 bits per heavy atom. The second kappa shape index (κ2) is 12.1. The minimum atomic E-state index is -1.62. The molecule has 0 atom stereocenters. The van der Waals surface area contributed by atoms with E-state index in [1.807, 2.05) is 0 Å². The zero-order valence-electron chi connectivity index (χ0n) is 25.3. The van der Waals surface area contributed by atoms with E-state index in [4.69, 9.17) is 4.74 Å². The molecule has 0 aliphatic carbocycles. The van der Waals surface area contributed by atoms with Gasteiger partial charge in [0.2, 0.25) is 0 Å². The van der Waals surface area contributed by atoms with Gasteiger partial charge in [-0.25, -0.2) is 38.4 Å². The van der Waals surface area contributed by atoms with Crippen LogP contribution in [0.15, 0.2) is 72.8 Å². The zero-order chi connectivity index (χ0) is 37.0. The second-order valence-electron chi connectivity index (χ2n) is 11.0. The molecule has 0 heterocycles. The van der Waals surface area contributed by atoms with Crippen LogP contribution in [0.3, 0.4) is 0 Å². The van der Waals surface area contributed by atoms with Gasteiger partial charge in [0.15, 0.2) is 0 Å². The number of esters is 2. The summed E-state index contributed by atoms with van der Waals surface area (Å²) in [4.78, 5) is 99.4. The number of ether oxygens (including phenoxy) is 1. The van der Waals surface area contributed by atoms with E-state index in [9.17, 15) is 69.0 Å². The summed E-state index contributed by atoms with van der Waals surface area (Å²) in [6.45, 7) is 0. The molecule has 0 aliphatic rings. The summed E-state index contributed by atoms with van der Waals surface area (Å²) < 4.78 is 5.12. The van der Waals surface area contributed by atoms with Gasteiger partial charge in [-0.1, -0.05) is 48.5 Å². The van der Waals surface area contributed by atoms with Crippen molar-refractivity contribution < 1.29 is 73.7 Å². The average molecular weight is 691 g/mol. The first kappa shape index (κ1) is 33.2. The molecule has 6 aromatic rings. The van der Waals surface area contributed by atoms with E-state index in [-0.39, 0.29) is 43.1 Å². The fourth-order valence-corrected chi connectivity index (χ4v) is 6.24. The number of rotatable bonds is 8. The molecule has 252 valence electrons. The number of carbonyl (C=O) groups is 8. The van der Waals surface area contributed by atoms with Gasteiger partial charge in [0.1, 0.15) is 0 Å². The third kappa shape index (κ3) is 5.26. The molecule has 0 spiro atoms. The van der Waals surface area contributed by atoms with Crippen LogP contribution in [0.5, 0.6) is 0 Å². The Bertz CT molecular complexity index is 2490. The predicted octanol–water partition coefficient (Wildman–Crippen LogP) is 5.49. The van der Waals surface area contributed by atoms with Crippen molar-refractivity contribution in [3.63, 3.8) is 0 Å². The normalized spacial score (nSPS) is 11.1. The molecule has 15 heteroatoms. The summed E-state index contributed by atoms with van der Waals surface area (Å²) in [7, 11) is 0. The maximum absolute atomic E-state index is 13.7. The number of hydrogen-bond donors (Lipinski definition) is 6. The van der Waals surface area contributed by atoms with Crippen molar-refractivity contribution >= 4 is 90.8 Å². The molecule has 6 N–H and O–H groups in total. The molecule has 0 fully saturated rings. The molecule has 0 unspecified atom stereocenters. The highest BCUT2D eigenvalue weighted by atomic mass is 16.6. The Balaban J connectivity index is 1.54.